The molecule has 0 aliphatic carbocycles. The molecule has 0 radical (unpaired) electrons. The van der Waals surface area contributed by atoms with Gasteiger partial charge in [-0.2, -0.15) is 0 Å². The van der Waals surface area contributed by atoms with Crippen LogP contribution in [0.1, 0.15) is 33.3 Å². The Morgan fingerprint density at radius 2 is 1.61 bits per heavy atom. The molecule has 23 heavy (non-hydrogen) atoms. The van der Waals surface area contributed by atoms with E-state index in [1.165, 1.54) is 5.56 Å². The van der Waals surface area contributed by atoms with E-state index in [0.29, 0.717) is 0 Å². The monoisotopic (exact) mass is 321 g/mol. The van der Waals surface area contributed by atoms with Gasteiger partial charge < -0.3 is 19.1 Å². The van der Waals surface area contributed by atoms with Gasteiger partial charge in [-0.1, -0.05) is 19.9 Å². The lowest BCUT2D eigenvalue weighted by molar-refractivity contribution is -0.0979. The molecule has 1 aromatic rings. The zero-order valence-corrected chi connectivity index (χ0v) is 15.8. The normalized spacial score (nSPS) is 28.9. The van der Waals surface area contributed by atoms with Crippen LogP contribution in [0, 0.1) is 5.41 Å². The molecule has 1 aliphatic rings. The largest absolute Gasteiger partial charge is 0.493 e. The standard InChI is InChI=1S/C19H31NO3/c1-17(2,23-8)19(4)13-20(5)12-18(19,3)14-9-10-15(21-6)16(11-14)22-7/h9-11H,12-13H2,1-8H3. The Balaban J connectivity index is 2.58. The van der Waals surface area contributed by atoms with Crippen LogP contribution in [0.3, 0.4) is 0 Å². The van der Waals surface area contributed by atoms with Crippen molar-refractivity contribution < 1.29 is 14.2 Å². The smallest absolute Gasteiger partial charge is 0.161 e. The van der Waals surface area contributed by atoms with Crippen molar-refractivity contribution in [1.29, 1.82) is 0 Å². The van der Waals surface area contributed by atoms with Crippen LogP contribution in [0.15, 0.2) is 18.2 Å². The van der Waals surface area contributed by atoms with Crippen LogP contribution < -0.4 is 9.47 Å². The second-order valence-electron chi connectivity index (χ2n) is 7.62. The first kappa shape index (κ1) is 18.1. The van der Waals surface area contributed by atoms with Crippen molar-refractivity contribution in [3.05, 3.63) is 23.8 Å². The number of rotatable bonds is 5. The molecular formula is C19H31NO3. The van der Waals surface area contributed by atoms with Gasteiger partial charge in [0, 0.05) is 31.0 Å². The molecule has 0 bridgehead atoms. The topological polar surface area (TPSA) is 30.9 Å². The number of methoxy groups -OCH3 is 3. The summed E-state index contributed by atoms with van der Waals surface area (Å²) in [6.07, 6.45) is 0. The lowest BCUT2D eigenvalue weighted by Crippen LogP contribution is -2.55. The average molecular weight is 321 g/mol. The van der Waals surface area contributed by atoms with Gasteiger partial charge in [0.05, 0.1) is 19.8 Å². The Bertz CT molecular complexity index is 572. The SMILES string of the molecule is COc1ccc(C2(C)CN(C)CC2(C)C(C)(C)OC)cc1OC. The summed E-state index contributed by atoms with van der Waals surface area (Å²) in [5.74, 6) is 1.54. The van der Waals surface area contributed by atoms with Crippen molar-refractivity contribution in [3.63, 3.8) is 0 Å². The quantitative estimate of drug-likeness (QED) is 0.832. The van der Waals surface area contributed by atoms with E-state index < -0.39 is 0 Å². The summed E-state index contributed by atoms with van der Waals surface area (Å²) in [4.78, 5) is 2.39. The Morgan fingerprint density at radius 1 is 1.00 bits per heavy atom. The van der Waals surface area contributed by atoms with Gasteiger partial charge in [0.2, 0.25) is 0 Å². The number of likely N-dealkylation sites (N-methyl/N-ethyl adjacent to an activating group) is 1. The molecule has 0 amide bonds. The fourth-order valence-electron chi connectivity index (χ4n) is 4.15. The van der Waals surface area contributed by atoms with E-state index in [1.807, 2.05) is 6.07 Å². The fraction of sp³-hybridized carbons (Fsp3) is 0.684. The lowest BCUT2D eigenvalue weighted by atomic mass is 9.57. The summed E-state index contributed by atoms with van der Waals surface area (Å²) in [6.45, 7) is 11.0. The van der Waals surface area contributed by atoms with Gasteiger partial charge in [-0.3, -0.25) is 0 Å². The van der Waals surface area contributed by atoms with E-state index >= 15 is 0 Å². The number of ether oxygens (including phenoxy) is 3. The number of likely N-dealkylation sites (tertiary alicyclic amines) is 1. The molecular weight excluding hydrogens is 290 g/mol. The summed E-state index contributed by atoms with van der Waals surface area (Å²) in [7, 11) is 7.33. The van der Waals surface area contributed by atoms with Crippen LogP contribution in [0.5, 0.6) is 11.5 Å². The van der Waals surface area contributed by atoms with Gasteiger partial charge in [-0.25, -0.2) is 0 Å². The molecule has 0 aromatic heterocycles. The first-order valence-corrected chi connectivity index (χ1v) is 8.11. The highest BCUT2D eigenvalue weighted by molar-refractivity contribution is 5.47. The molecule has 0 N–H and O–H groups in total. The third kappa shape index (κ3) is 2.62. The molecule has 2 unspecified atom stereocenters. The maximum Gasteiger partial charge on any atom is 0.161 e. The van der Waals surface area contributed by atoms with E-state index in [0.717, 1.165) is 24.6 Å². The maximum atomic E-state index is 5.91. The second-order valence-corrected chi connectivity index (χ2v) is 7.62. The number of hydrogen-bond donors (Lipinski definition) is 0. The van der Waals surface area contributed by atoms with Crippen molar-refractivity contribution in [1.82, 2.24) is 4.90 Å². The van der Waals surface area contributed by atoms with Gasteiger partial charge in [-0.15, -0.1) is 0 Å². The van der Waals surface area contributed by atoms with Crippen molar-refractivity contribution in [2.45, 2.75) is 38.7 Å². The number of hydrogen-bond acceptors (Lipinski definition) is 4. The van der Waals surface area contributed by atoms with E-state index in [2.05, 4.69) is 51.8 Å². The van der Waals surface area contributed by atoms with E-state index in [4.69, 9.17) is 14.2 Å². The summed E-state index contributed by atoms with van der Waals surface area (Å²) >= 11 is 0. The molecule has 1 fully saturated rings. The van der Waals surface area contributed by atoms with Crippen LogP contribution in [-0.2, 0) is 10.2 Å². The first-order valence-electron chi connectivity index (χ1n) is 8.11. The summed E-state index contributed by atoms with van der Waals surface area (Å²) in [5, 5.41) is 0. The molecule has 130 valence electrons. The van der Waals surface area contributed by atoms with Crippen molar-refractivity contribution in [2.75, 3.05) is 41.5 Å². The highest BCUT2D eigenvalue weighted by Crippen LogP contribution is 2.55. The molecule has 1 aliphatic heterocycles. The van der Waals surface area contributed by atoms with Crippen molar-refractivity contribution >= 4 is 0 Å². The van der Waals surface area contributed by atoms with E-state index in [-0.39, 0.29) is 16.4 Å². The predicted octanol–water partition coefficient (Wildman–Crippen LogP) is 3.34. The molecule has 0 saturated carbocycles. The maximum absolute atomic E-state index is 5.91. The highest BCUT2D eigenvalue weighted by Gasteiger charge is 2.59. The van der Waals surface area contributed by atoms with E-state index in [1.54, 1.807) is 21.3 Å². The third-order valence-corrected chi connectivity index (χ3v) is 6.25. The molecule has 0 spiro atoms. The Morgan fingerprint density at radius 3 is 2.13 bits per heavy atom. The molecule has 2 rings (SSSR count). The van der Waals surface area contributed by atoms with Crippen LogP contribution in [0.2, 0.25) is 0 Å². The Kier molecular flexibility index (Phi) is 4.71. The van der Waals surface area contributed by atoms with Gasteiger partial charge in [0.25, 0.3) is 0 Å². The minimum absolute atomic E-state index is 0.0386. The summed E-state index contributed by atoms with van der Waals surface area (Å²) in [5.41, 5.74) is 0.913. The van der Waals surface area contributed by atoms with Gasteiger partial charge >= 0.3 is 0 Å². The molecule has 1 heterocycles. The van der Waals surface area contributed by atoms with Crippen molar-refractivity contribution in [2.24, 2.45) is 5.41 Å². The first-order chi connectivity index (χ1) is 10.6. The van der Waals surface area contributed by atoms with Gasteiger partial charge in [0.15, 0.2) is 11.5 Å². The second kappa shape index (κ2) is 5.99. The van der Waals surface area contributed by atoms with Crippen LogP contribution in [-0.4, -0.2) is 52.0 Å². The zero-order chi connectivity index (χ0) is 17.5. The van der Waals surface area contributed by atoms with E-state index in [9.17, 15) is 0 Å². The molecule has 1 aromatic carbocycles. The minimum atomic E-state index is -0.250. The van der Waals surface area contributed by atoms with Gasteiger partial charge in [-0.05, 0) is 38.6 Å². The predicted molar refractivity (Wildman–Crippen MR) is 93.6 cm³/mol. The number of nitrogens with zero attached hydrogens (tertiary/aromatic N) is 1. The van der Waals surface area contributed by atoms with Crippen LogP contribution >= 0.6 is 0 Å². The number of benzene rings is 1. The van der Waals surface area contributed by atoms with Crippen LogP contribution in [0.25, 0.3) is 0 Å². The summed E-state index contributed by atoms with van der Waals surface area (Å²) in [6, 6.07) is 6.27. The molecule has 4 heteroatoms. The Hall–Kier alpha value is -1.26. The summed E-state index contributed by atoms with van der Waals surface area (Å²) < 4.78 is 16.8. The highest BCUT2D eigenvalue weighted by atomic mass is 16.5. The fourth-order valence-corrected chi connectivity index (χ4v) is 4.15. The zero-order valence-electron chi connectivity index (χ0n) is 15.8. The third-order valence-electron chi connectivity index (χ3n) is 6.25. The molecule has 1 saturated heterocycles. The minimum Gasteiger partial charge on any atom is -0.493 e. The molecule has 2 atom stereocenters. The van der Waals surface area contributed by atoms with Gasteiger partial charge in [0.1, 0.15) is 0 Å². The molecule has 4 nitrogen and oxygen atoms in total. The average Bonchev–Trinajstić information content (AvgIpc) is 2.78. The Labute approximate surface area is 140 Å². The van der Waals surface area contributed by atoms with Crippen LogP contribution in [0.4, 0.5) is 0 Å². The lowest BCUT2D eigenvalue weighted by Gasteiger charge is -2.50. The van der Waals surface area contributed by atoms with Crippen molar-refractivity contribution in [3.8, 4) is 11.5 Å².